The molecule has 7 heteroatoms. The first-order valence-corrected chi connectivity index (χ1v) is 9.46. The van der Waals surface area contributed by atoms with Gasteiger partial charge in [-0.2, -0.15) is 17.5 Å². The molecule has 0 spiro atoms. The van der Waals surface area contributed by atoms with E-state index in [1.807, 2.05) is 12.1 Å². The van der Waals surface area contributed by atoms with Gasteiger partial charge >= 0.3 is 6.18 Å². The van der Waals surface area contributed by atoms with Crippen LogP contribution in [0.3, 0.4) is 0 Å². The van der Waals surface area contributed by atoms with E-state index < -0.39 is 27.4 Å². The number of fused-ring (bicyclic) bond motifs is 1. The lowest BCUT2D eigenvalue weighted by Gasteiger charge is -2.22. The van der Waals surface area contributed by atoms with E-state index in [1.165, 1.54) is 0 Å². The average Bonchev–Trinajstić information content (AvgIpc) is 3.33. The summed E-state index contributed by atoms with van der Waals surface area (Å²) in [5.41, 5.74) is -1.87. The Kier molecular flexibility index (Phi) is 4.77. The van der Waals surface area contributed by atoms with Crippen LogP contribution in [-0.4, -0.2) is 38.6 Å². The van der Waals surface area contributed by atoms with Gasteiger partial charge in [0.05, 0.1) is 18.4 Å². The molecule has 0 N–H and O–H groups in total. The van der Waals surface area contributed by atoms with Crippen molar-refractivity contribution in [3.05, 3.63) is 42.0 Å². The van der Waals surface area contributed by atoms with E-state index in [0.29, 0.717) is 11.3 Å². The minimum Gasteiger partial charge on any atom is -0.497 e. The van der Waals surface area contributed by atoms with Crippen LogP contribution in [0.15, 0.2) is 36.4 Å². The van der Waals surface area contributed by atoms with Gasteiger partial charge in [0.25, 0.3) is 0 Å². The summed E-state index contributed by atoms with van der Waals surface area (Å²) < 4.78 is 58.6. The van der Waals surface area contributed by atoms with Crippen LogP contribution in [-0.2, 0) is 11.0 Å². The first-order chi connectivity index (χ1) is 12.5. The Balaban J connectivity index is 1.94. The molecule has 27 heavy (non-hydrogen) atoms. The molecule has 3 nitrogen and oxygen atoms in total. The maximum absolute atomic E-state index is 13.6. The van der Waals surface area contributed by atoms with Gasteiger partial charge < -0.3 is 4.74 Å². The lowest BCUT2D eigenvalue weighted by atomic mass is 10.1. The Morgan fingerprint density at radius 3 is 2.33 bits per heavy atom. The molecule has 0 aliphatic carbocycles. The summed E-state index contributed by atoms with van der Waals surface area (Å²) in [6, 6.07) is 10.7. The number of benzene rings is 2. The minimum absolute atomic E-state index is 0.377. The van der Waals surface area contributed by atoms with Crippen molar-refractivity contribution in [2.24, 2.45) is 0 Å². The van der Waals surface area contributed by atoms with Gasteiger partial charge in [-0.1, -0.05) is 24.0 Å². The molecule has 0 amide bonds. The van der Waals surface area contributed by atoms with Crippen LogP contribution in [0.4, 0.5) is 13.2 Å². The summed E-state index contributed by atoms with van der Waals surface area (Å²) in [5, 5.41) is 1.77. The third-order valence-electron chi connectivity index (χ3n) is 4.35. The Labute approximate surface area is 159 Å². The molecule has 1 aliphatic heterocycles. The van der Waals surface area contributed by atoms with Crippen LogP contribution in [0.25, 0.3) is 10.8 Å². The smallest absolute Gasteiger partial charge is 0.420 e. The summed E-state index contributed by atoms with van der Waals surface area (Å²) in [6.45, 7) is 4.56. The van der Waals surface area contributed by atoms with Crippen LogP contribution in [0.5, 0.6) is 5.75 Å². The van der Waals surface area contributed by atoms with Crippen molar-refractivity contribution in [2.45, 2.75) is 37.2 Å². The summed E-state index contributed by atoms with van der Waals surface area (Å²) in [4.78, 5) is 0. The van der Waals surface area contributed by atoms with Crippen molar-refractivity contribution in [3.63, 3.8) is 0 Å². The lowest BCUT2D eigenvalue weighted by Crippen LogP contribution is -2.39. The molecule has 2 aromatic carbocycles. The molecular formula is C20H20F3NO2S. The van der Waals surface area contributed by atoms with Crippen LogP contribution >= 0.6 is 0 Å². The maximum atomic E-state index is 13.6. The predicted octanol–water partition coefficient (Wildman–Crippen LogP) is 4.28. The van der Waals surface area contributed by atoms with E-state index in [2.05, 4.69) is 11.8 Å². The highest BCUT2D eigenvalue weighted by Gasteiger charge is 2.72. The molecule has 0 aromatic heterocycles. The summed E-state index contributed by atoms with van der Waals surface area (Å²) in [6.07, 6.45) is -4.58. The van der Waals surface area contributed by atoms with Crippen molar-refractivity contribution in [1.29, 1.82) is 0 Å². The Hall–Kier alpha value is -2.04. The minimum atomic E-state index is -4.58. The molecule has 1 aliphatic rings. The summed E-state index contributed by atoms with van der Waals surface area (Å²) >= 11 is 0. The normalized spacial score (nSPS) is 23.4. The lowest BCUT2D eigenvalue weighted by molar-refractivity contribution is -0.150. The third kappa shape index (κ3) is 3.69. The molecule has 0 radical (unpaired) electrons. The van der Waals surface area contributed by atoms with Crippen molar-refractivity contribution < 1.29 is 22.1 Å². The average molecular weight is 395 g/mol. The molecule has 1 fully saturated rings. The zero-order chi connectivity index (χ0) is 20.0. The van der Waals surface area contributed by atoms with Gasteiger partial charge in [0.15, 0.2) is 0 Å². The van der Waals surface area contributed by atoms with Gasteiger partial charge in [0.2, 0.25) is 5.54 Å². The molecule has 0 bridgehead atoms. The summed E-state index contributed by atoms with van der Waals surface area (Å²) in [7, 11) is -0.211. The fourth-order valence-corrected chi connectivity index (χ4v) is 4.11. The Morgan fingerprint density at radius 1 is 1.11 bits per heavy atom. The fraction of sp³-hybridized carbons (Fsp3) is 0.400. The van der Waals surface area contributed by atoms with Crippen LogP contribution < -0.4 is 4.74 Å². The molecule has 1 heterocycles. The molecule has 1 unspecified atom stereocenters. The standard InChI is InChI=1S/C20H20F3NO2S/c1-18(2,3)27(25)24-13-19(24,20(21,22)23)10-9-14-5-6-16-12-17(26-4)8-7-15(16)11-14/h5-8,11-12H,13H2,1-4H3/t19-,24?,27+/m1/s1. The van der Waals surface area contributed by atoms with E-state index >= 15 is 0 Å². The SMILES string of the molecule is COc1ccc2cc(C#C[C@]3(C(F)(F)F)CN3[S@@](=O)C(C)(C)C)ccc2c1. The zero-order valence-electron chi connectivity index (χ0n) is 15.5. The largest absolute Gasteiger partial charge is 0.497 e. The van der Waals surface area contributed by atoms with Gasteiger partial charge in [-0.25, -0.2) is 4.21 Å². The second-order valence-corrected chi connectivity index (χ2v) is 9.60. The first-order valence-electron chi connectivity index (χ1n) is 8.35. The van der Waals surface area contributed by atoms with Crippen molar-refractivity contribution in [1.82, 2.24) is 4.31 Å². The number of hydrogen-bond acceptors (Lipinski definition) is 2. The van der Waals surface area contributed by atoms with Crippen LogP contribution in [0.2, 0.25) is 0 Å². The molecule has 3 rings (SSSR count). The predicted molar refractivity (Wildman–Crippen MR) is 101 cm³/mol. The maximum Gasteiger partial charge on any atom is 0.420 e. The van der Waals surface area contributed by atoms with E-state index in [4.69, 9.17) is 4.74 Å². The van der Waals surface area contributed by atoms with E-state index in [1.54, 1.807) is 52.1 Å². The van der Waals surface area contributed by atoms with Gasteiger partial charge in [-0.05, 0) is 55.8 Å². The first kappa shape index (κ1) is 19.7. The van der Waals surface area contributed by atoms with Gasteiger partial charge in [0, 0.05) is 5.56 Å². The zero-order valence-corrected chi connectivity index (χ0v) is 16.3. The van der Waals surface area contributed by atoms with Crippen LogP contribution in [0, 0.1) is 11.8 Å². The molecule has 144 valence electrons. The highest BCUT2D eigenvalue weighted by molar-refractivity contribution is 7.84. The number of hydrogen-bond donors (Lipinski definition) is 0. The highest BCUT2D eigenvalue weighted by atomic mass is 32.2. The third-order valence-corrected chi connectivity index (χ3v) is 6.24. The quantitative estimate of drug-likeness (QED) is 0.561. The Morgan fingerprint density at radius 2 is 1.74 bits per heavy atom. The van der Waals surface area contributed by atoms with E-state index in [9.17, 15) is 17.4 Å². The topological polar surface area (TPSA) is 29.3 Å². The molecule has 3 atom stereocenters. The number of methoxy groups -OCH3 is 1. The number of ether oxygens (including phenoxy) is 1. The van der Waals surface area contributed by atoms with Crippen molar-refractivity contribution in [2.75, 3.05) is 13.7 Å². The number of alkyl halides is 3. The molecule has 0 saturated carbocycles. The number of halogens is 3. The van der Waals surface area contributed by atoms with Gasteiger partial charge in [-0.3, -0.25) is 0 Å². The highest BCUT2D eigenvalue weighted by Crippen LogP contribution is 2.48. The second kappa shape index (κ2) is 6.54. The van der Waals surface area contributed by atoms with Gasteiger partial charge in [-0.15, -0.1) is 0 Å². The van der Waals surface area contributed by atoms with Crippen molar-refractivity contribution in [3.8, 4) is 17.6 Å². The monoisotopic (exact) mass is 395 g/mol. The molecule has 1 saturated heterocycles. The molecule has 2 aromatic rings. The number of rotatable bonds is 2. The van der Waals surface area contributed by atoms with Gasteiger partial charge in [0.1, 0.15) is 16.7 Å². The van der Waals surface area contributed by atoms with E-state index in [0.717, 1.165) is 15.1 Å². The van der Waals surface area contributed by atoms with Crippen molar-refractivity contribution >= 4 is 21.8 Å². The summed E-state index contributed by atoms with van der Waals surface area (Å²) in [5.74, 6) is 5.69. The van der Waals surface area contributed by atoms with E-state index in [-0.39, 0.29) is 6.54 Å². The number of nitrogens with zero attached hydrogens (tertiary/aromatic N) is 1. The molecular weight excluding hydrogens is 375 g/mol. The van der Waals surface area contributed by atoms with Crippen LogP contribution in [0.1, 0.15) is 26.3 Å². The Bertz CT molecular complexity index is 969. The second-order valence-electron chi connectivity index (χ2n) is 7.43. The fourth-order valence-electron chi connectivity index (χ4n) is 2.71.